The average Bonchev–Trinajstić information content (AvgIpc) is 2.94. The zero-order valence-corrected chi connectivity index (χ0v) is 11.1. The van der Waals surface area contributed by atoms with E-state index in [0.29, 0.717) is 5.82 Å². The number of benzene rings is 1. The number of aromatic nitrogens is 2. The van der Waals surface area contributed by atoms with Gasteiger partial charge in [-0.15, -0.1) is 0 Å². The molecule has 2 amide bonds. The second-order valence-corrected chi connectivity index (χ2v) is 4.26. The first kappa shape index (κ1) is 14.5. The Morgan fingerprint density at radius 3 is 2.81 bits per heavy atom. The predicted octanol–water partition coefficient (Wildman–Crippen LogP) is 2.13. The second kappa shape index (κ2) is 6.04. The zero-order valence-electron chi connectivity index (χ0n) is 11.1. The molecular formula is C13H13FN4O3. The number of nitrogens with one attached hydrogen (secondary N) is 3. The van der Waals surface area contributed by atoms with E-state index in [0.717, 1.165) is 6.07 Å². The topological polar surface area (TPSA) is 107 Å². The summed E-state index contributed by atoms with van der Waals surface area (Å²) in [7, 11) is 0. The van der Waals surface area contributed by atoms with Gasteiger partial charge in [0, 0.05) is 12.4 Å². The van der Waals surface area contributed by atoms with E-state index in [1.54, 1.807) is 13.1 Å². The number of anilines is 1. The van der Waals surface area contributed by atoms with Gasteiger partial charge in [0.25, 0.3) is 0 Å². The van der Waals surface area contributed by atoms with Crippen LogP contribution >= 0.6 is 0 Å². The molecule has 4 N–H and O–H groups in total. The molecule has 0 fully saturated rings. The first-order valence-electron chi connectivity index (χ1n) is 6.07. The molecule has 0 aliphatic carbocycles. The van der Waals surface area contributed by atoms with Gasteiger partial charge in [-0.25, -0.2) is 19.0 Å². The van der Waals surface area contributed by atoms with Crippen LogP contribution in [0, 0.1) is 5.82 Å². The largest absolute Gasteiger partial charge is 0.478 e. The Morgan fingerprint density at radius 2 is 2.19 bits per heavy atom. The molecule has 7 nitrogen and oxygen atoms in total. The Hall–Kier alpha value is -2.90. The fourth-order valence-electron chi connectivity index (χ4n) is 1.76. The highest BCUT2D eigenvalue weighted by Crippen LogP contribution is 2.20. The number of rotatable bonds is 4. The molecule has 0 aliphatic heterocycles. The van der Waals surface area contributed by atoms with Crippen LogP contribution in [-0.2, 0) is 0 Å². The van der Waals surface area contributed by atoms with E-state index in [-0.39, 0.29) is 11.3 Å². The number of halogens is 1. The van der Waals surface area contributed by atoms with Gasteiger partial charge in [-0.1, -0.05) is 6.07 Å². The highest BCUT2D eigenvalue weighted by atomic mass is 19.1. The van der Waals surface area contributed by atoms with Gasteiger partial charge in [-0.2, -0.15) is 0 Å². The number of carbonyl (C=O) groups is 2. The quantitative estimate of drug-likeness (QED) is 0.692. The second-order valence-electron chi connectivity index (χ2n) is 4.26. The maximum absolute atomic E-state index is 13.7. The van der Waals surface area contributed by atoms with E-state index in [4.69, 9.17) is 5.11 Å². The van der Waals surface area contributed by atoms with Gasteiger partial charge in [0.15, 0.2) is 0 Å². The molecule has 0 saturated heterocycles. The Balaban J connectivity index is 2.11. The van der Waals surface area contributed by atoms with E-state index in [1.165, 1.54) is 18.3 Å². The van der Waals surface area contributed by atoms with E-state index in [1.807, 2.05) is 0 Å². The smallest absolute Gasteiger partial charge is 0.337 e. The summed E-state index contributed by atoms with van der Waals surface area (Å²) in [4.78, 5) is 29.6. The Bertz CT molecular complexity index is 657. The standard InChI is InChI=1S/C13H13FN4O3/c1-7(11-15-5-6-16-11)17-13(21)18-10-8(12(19)20)3-2-4-9(10)14/h2-7H,1H3,(H,15,16)(H,19,20)(H2,17,18,21). The molecule has 0 aliphatic rings. The molecular weight excluding hydrogens is 279 g/mol. The number of carboxylic acid groups (broad SMARTS) is 1. The molecule has 0 bridgehead atoms. The van der Waals surface area contributed by atoms with Gasteiger partial charge < -0.3 is 20.7 Å². The zero-order chi connectivity index (χ0) is 15.4. The molecule has 1 aromatic heterocycles. The Labute approximate surface area is 119 Å². The van der Waals surface area contributed by atoms with Gasteiger partial charge >= 0.3 is 12.0 Å². The summed E-state index contributed by atoms with van der Waals surface area (Å²) < 4.78 is 13.7. The van der Waals surface area contributed by atoms with Crippen molar-refractivity contribution in [2.24, 2.45) is 0 Å². The molecule has 0 radical (unpaired) electrons. The van der Waals surface area contributed by atoms with Crippen LogP contribution in [0.4, 0.5) is 14.9 Å². The van der Waals surface area contributed by atoms with Gasteiger partial charge in [0.2, 0.25) is 0 Å². The van der Waals surface area contributed by atoms with Crippen LogP contribution in [0.5, 0.6) is 0 Å². The molecule has 1 heterocycles. The number of urea groups is 1. The fourth-order valence-corrected chi connectivity index (χ4v) is 1.76. The van der Waals surface area contributed by atoms with Crippen molar-refractivity contribution in [1.82, 2.24) is 15.3 Å². The molecule has 8 heteroatoms. The van der Waals surface area contributed by atoms with Crippen molar-refractivity contribution >= 4 is 17.7 Å². The number of nitrogens with zero attached hydrogens (tertiary/aromatic N) is 1. The Kier molecular flexibility index (Phi) is 4.17. The molecule has 0 saturated carbocycles. The van der Waals surface area contributed by atoms with Crippen molar-refractivity contribution in [3.05, 3.63) is 47.8 Å². The highest BCUT2D eigenvalue weighted by molar-refractivity contribution is 6.00. The molecule has 2 aromatic rings. The number of hydrogen-bond acceptors (Lipinski definition) is 3. The van der Waals surface area contributed by atoms with Crippen molar-refractivity contribution in [1.29, 1.82) is 0 Å². The number of H-pyrrole nitrogens is 1. The van der Waals surface area contributed by atoms with Crippen LogP contribution in [0.1, 0.15) is 29.1 Å². The third-order valence-electron chi connectivity index (χ3n) is 2.76. The van der Waals surface area contributed by atoms with Gasteiger partial charge in [0.05, 0.1) is 17.3 Å². The lowest BCUT2D eigenvalue weighted by atomic mass is 10.1. The van der Waals surface area contributed by atoms with E-state index in [9.17, 15) is 14.0 Å². The molecule has 21 heavy (non-hydrogen) atoms. The third kappa shape index (κ3) is 3.35. The lowest BCUT2D eigenvalue weighted by molar-refractivity contribution is 0.0697. The van der Waals surface area contributed by atoms with E-state index < -0.39 is 23.9 Å². The van der Waals surface area contributed by atoms with Crippen molar-refractivity contribution in [2.45, 2.75) is 13.0 Å². The minimum Gasteiger partial charge on any atom is -0.478 e. The lowest BCUT2D eigenvalue weighted by Crippen LogP contribution is -2.32. The number of carbonyl (C=O) groups excluding carboxylic acids is 1. The van der Waals surface area contributed by atoms with Crippen LogP contribution in [0.25, 0.3) is 0 Å². The minimum absolute atomic E-state index is 0.323. The predicted molar refractivity (Wildman–Crippen MR) is 72.5 cm³/mol. The number of imidazole rings is 1. The van der Waals surface area contributed by atoms with Crippen LogP contribution in [0.15, 0.2) is 30.6 Å². The summed E-state index contributed by atoms with van der Waals surface area (Å²) in [5, 5.41) is 13.7. The van der Waals surface area contributed by atoms with Crippen LogP contribution < -0.4 is 10.6 Å². The van der Waals surface area contributed by atoms with Gasteiger partial charge in [0.1, 0.15) is 11.6 Å². The number of aromatic carboxylic acids is 1. The molecule has 2 rings (SSSR count). The average molecular weight is 292 g/mol. The van der Waals surface area contributed by atoms with Crippen molar-refractivity contribution < 1.29 is 19.1 Å². The number of hydrogen-bond donors (Lipinski definition) is 4. The molecule has 1 aromatic carbocycles. The molecule has 0 spiro atoms. The first-order chi connectivity index (χ1) is 9.99. The summed E-state index contributed by atoms with van der Waals surface area (Å²) in [6.07, 6.45) is 3.13. The highest BCUT2D eigenvalue weighted by Gasteiger charge is 2.18. The van der Waals surface area contributed by atoms with E-state index >= 15 is 0 Å². The minimum atomic E-state index is -1.33. The number of para-hydroxylation sites is 1. The van der Waals surface area contributed by atoms with Crippen molar-refractivity contribution in [3.63, 3.8) is 0 Å². The maximum atomic E-state index is 13.7. The lowest BCUT2D eigenvalue weighted by Gasteiger charge is -2.14. The van der Waals surface area contributed by atoms with E-state index in [2.05, 4.69) is 20.6 Å². The summed E-state index contributed by atoms with van der Waals surface area (Å²) in [6, 6.07) is 2.36. The SMILES string of the molecule is CC(NC(=O)Nc1c(F)cccc1C(=O)O)c1ncc[nH]1. The van der Waals surface area contributed by atoms with Gasteiger partial charge in [-0.3, -0.25) is 0 Å². The fraction of sp³-hybridized carbons (Fsp3) is 0.154. The maximum Gasteiger partial charge on any atom is 0.337 e. The number of carboxylic acids is 1. The van der Waals surface area contributed by atoms with Crippen molar-refractivity contribution in [3.8, 4) is 0 Å². The normalized spacial score (nSPS) is 11.7. The summed E-state index contributed by atoms with van der Waals surface area (Å²) in [5.41, 5.74) is -0.704. The first-order valence-corrected chi connectivity index (χ1v) is 6.07. The van der Waals surface area contributed by atoms with Crippen LogP contribution in [0.3, 0.4) is 0 Å². The third-order valence-corrected chi connectivity index (χ3v) is 2.76. The summed E-state index contributed by atoms with van der Waals surface area (Å²) in [6.45, 7) is 1.68. The van der Waals surface area contributed by atoms with Crippen molar-refractivity contribution in [2.75, 3.05) is 5.32 Å². The monoisotopic (exact) mass is 292 g/mol. The Morgan fingerprint density at radius 1 is 1.43 bits per heavy atom. The van der Waals surface area contributed by atoms with Crippen LogP contribution in [-0.4, -0.2) is 27.1 Å². The molecule has 1 atom stereocenters. The molecule has 110 valence electrons. The number of amides is 2. The summed E-state index contributed by atoms with van der Waals surface area (Å²) in [5.74, 6) is -1.63. The van der Waals surface area contributed by atoms with Crippen LogP contribution in [0.2, 0.25) is 0 Å². The molecule has 1 unspecified atom stereocenters. The number of aromatic amines is 1. The summed E-state index contributed by atoms with van der Waals surface area (Å²) >= 11 is 0. The van der Waals surface area contributed by atoms with Gasteiger partial charge in [-0.05, 0) is 19.1 Å².